The molecule has 1 aromatic heterocycles. The van der Waals surface area contributed by atoms with Crippen molar-refractivity contribution in [1.82, 2.24) is 5.06 Å². The molecule has 0 radical (unpaired) electrons. The molecule has 0 N–H and O–H groups in total. The van der Waals surface area contributed by atoms with Crippen LogP contribution in [0.3, 0.4) is 0 Å². The van der Waals surface area contributed by atoms with Gasteiger partial charge in [0.05, 0.1) is 11.1 Å². The molecule has 2 aromatic rings. The lowest BCUT2D eigenvalue weighted by Crippen LogP contribution is -2.32. The van der Waals surface area contributed by atoms with Crippen molar-refractivity contribution in [2.45, 2.75) is 25.7 Å². The highest BCUT2D eigenvalue weighted by Crippen LogP contribution is 2.27. The van der Waals surface area contributed by atoms with Crippen LogP contribution in [0.4, 0.5) is 0 Å². The minimum atomic E-state index is -0.839. The molecule has 1 aliphatic carbocycles. The summed E-state index contributed by atoms with van der Waals surface area (Å²) in [4.78, 5) is 41.5. The summed E-state index contributed by atoms with van der Waals surface area (Å²) < 4.78 is 5.50. The van der Waals surface area contributed by atoms with Gasteiger partial charge < -0.3 is 9.25 Å². The molecule has 1 aromatic carbocycles. The number of hydrogen-bond donors (Lipinski definition) is 0. The molecule has 23 heavy (non-hydrogen) atoms. The first kappa shape index (κ1) is 13.8. The van der Waals surface area contributed by atoms with E-state index >= 15 is 0 Å². The molecular weight excluding hydrogens is 298 g/mol. The van der Waals surface area contributed by atoms with Crippen molar-refractivity contribution in [2.75, 3.05) is 0 Å². The average Bonchev–Trinajstić information content (AvgIpc) is 3.11. The van der Waals surface area contributed by atoms with Crippen LogP contribution >= 0.6 is 0 Å². The number of nitrogens with zero attached hydrogens (tertiary/aromatic N) is 1. The largest absolute Gasteiger partial charge is 0.454 e. The van der Waals surface area contributed by atoms with Gasteiger partial charge in [-0.3, -0.25) is 9.59 Å². The molecule has 0 atom stereocenters. The molecule has 2 amide bonds. The van der Waals surface area contributed by atoms with Crippen LogP contribution in [0.2, 0.25) is 0 Å². The van der Waals surface area contributed by atoms with Gasteiger partial charge in [0.15, 0.2) is 0 Å². The lowest BCUT2D eigenvalue weighted by Gasteiger charge is -2.11. The van der Waals surface area contributed by atoms with E-state index < -0.39 is 17.8 Å². The number of rotatable bonds is 2. The minimum absolute atomic E-state index is 0.0217. The number of hydrogen-bond acceptors (Lipinski definition) is 5. The molecule has 0 bridgehead atoms. The standard InChI is InChI=1S/C17H13NO5/c19-15-11-6-2-3-7-12(11)16(20)18(15)23-17(21)14-9-10-5-1-4-8-13(10)22-14/h2-3,6-7,9H,1,4-5,8H2. The molecule has 1 aliphatic heterocycles. The molecule has 116 valence electrons. The van der Waals surface area contributed by atoms with Gasteiger partial charge in [0, 0.05) is 6.42 Å². The molecule has 2 aliphatic rings. The fourth-order valence-corrected chi connectivity index (χ4v) is 2.97. The number of aryl methyl sites for hydroxylation is 2. The number of hydroxylamine groups is 2. The Morgan fingerprint density at radius 2 is 1.70 bits per heavy atom. The second kappa shape index (κ2) is 5.08. The van der Waals surface area contributed by atoms with E-state index in [0.717, 1.165) is 37.0 Å². The van der Waals surface area contributed by atoms with E-state index in [-0.39, 0.29) is 16.9 Å². The van der Waals surface area contributed by atoms with Gasteiger partial charge in [0.2, 0.25) is 5.76 Å². The Kier molecular flexibility index (Phi) is 3.04. The summed E-state index contributed by atoms with van der Waals surface area (Å²) in [5.41, 5.74) is 1.44. The fourth-order valence-electron chi connectivity index (χ4n) is 2.97. The zero-order valence-electron chi connectivity index (χ0n) is 12.2. The van der Waals surface area contributed by atoms with Crippen LogP contribution in [0.25, 0.3) is 0 Å². The Morgan fingerprint density at radius 3 is 2.35 bits per heavy atom. The highest BCUT2D eigenvalue weighted by molar-refractivity contribution is 6.21. The number of fused-ring (bicyclic) bond motifs is 2. The molecule has 0 unspecified atom stereocenters. The third-order valence-electron chi connectivity index (χ3n) is 4.13. The van der Waals surface area contributed by atoms with Crippen LogP contribution in [0.5, 0.6) is 0 Å². The predicted molar refractivity (Wildman–Crippen MR) is 77.7 cm³/mol. The first-order valence-corrected chi connectivity index (χ1v) is 7.47. The number of benzene rings is 1. The smallest absolute Gasteiger partial charge is 0.399 e. The van der Waals surface area contributed by atoms with Gasteiger partial charge in [-0.15, -0.1) is 0 Å². The van der Waals surface area contributed by atoms with Crippen molar-refractivity contribution in [3.05, 3.63) is 58.5 Å². The zero-order chi connectivity index (χ0) is 16.0. The summed E-state index contributed by atoms with van der Waals surface area (Å²) in [7, 11) is 0. The lowest BCUT2D eigenvalue weighted by molar-refractivity contribution is -0.0603. The van der Waals surface area contributed by atoms with Crippen LogP contribution in [-0.4, -0.2) is 22.8 Å². The van der Waals surface area contributed by atoms with Crippen molar-refractivity contribution in [2.24, 2.45) is 0 Å². The number of carbonyl (C=O) groups excluding carboxylic acids is 3. The Balaban J connectivity index is 1.57. The quantitative estimate of drug-likeness (QED) is 0.797. The SMILES string of the molecule is O=C(ON1C(=O)c2ccccc2C1=O)c1cc2c(o1)CCCC2. The summed E-state index contributed by atoms with van der Waals surface area (Å²) in [6.45, 7) is 0. The molecule has 4 rings (SSSR count). The summed E-state index contributed by atoms with van der Waals surface area (Å²) >= 11 is 0. The molecule has 0 fully saturated rings. The third-order valence-corrected chi connectivity index (χ3v) is 4.13. The van der Waals surface area contributed by atoms with Gasteiger partial charge >= 0.3 is 5.97 Å². The molecule has 0 spiro atoms. The molecular formula is C17H13NO5. The summed E-state index contributed by atoms with van der Waals surface area (Å²) in [5, 5.41) is 0.495. The number of imide groups is 1. The average molecular weight is 311 g/mol. The van der Waals surface area contributed by atoms with Crippen LogP contribution in [0.1, 0.15) is 55.4 Å². The number of amides is 2. The van der Waals surface area contributed by atoms with Crippen LogP contribution in [0, 0.1) is 0 Å². The number of furan rings is 1. The van der Waals surface area contributed by atoms with Gasteiger partial charge in [-0.05, 0) is 43.0 Å². The maximum Gasteiger partial charge on any atom is 0.399 e. The summed E-state index contributed by atoms with van der Waals surface area (Å²) in [5.74, 6) is -1.32. The highest BCUT2D eigenvalue weighted by atomic mass is 16.7. The Labute approximate surface area is 131 Å². The molecule has 0 saturated heterocycles. The van der Waals surface area contributed by atoms with Crippen LogP contribution in [0.15, 0.2) is 34.7 Å². The molecule has 0 saturated carbocycles. The topological polar surface area (TPSA) is 76.8 Å². The van der Waals surface area contributed by atoms with Crippen molar-refractivity contribution < 1.29 is 23.6 Å². The number of carbonyl (C=O) groups is 3. The van der Waals surface area contributed by atoms with E-state index in [0.29, 0.717) is 5.06 Å². The Bertz CT molecular complexity index is 777. The van der Waals surface area contributed by atoms with E-state index in [2.05, 4.69) is 0 Å². The molecule has 6 nitrogen and oxygen atoms in total. The van der Waals surface area contributed by atoms with E-state index in [4.69, 9.17) is 9.25 Å². The summed E-state index contributed by atoms with van der Waals surface area (Å²) in [6.07, 6.45) is 3.72. The van der Waals surface area contributed by atoms with Crippen molar-refractivity contribution in [1.29, 1.82) is 0 Å². The maximum absolute atomic E-state index is 12.2. The van der Waals surface area contributed by atoms with Gasteiger partial charge in [-0.25, -0.2) is 4.79 Å². The van der Waals surface area contributed by atoms with Crippen LogP contribution in [-0.2, 0) is 17.7 Å². The third kappa shape index (κ3) is 2.14. The molecule has 6 heteroatoms. The maximum atomic E-state index is 12.2. The first-order chi connectivity index (χ1) is 11.1. The second-order valence-electron chi connectivity index (χ2n) is 5.60. The summed E-state index contributed by atoms with van der Waals surface area (Å²) in [6, 6.07) is 7.98. The van der Waals surface area contributed by atoms with Gasteiger partial charge in [0.25, 0.3) is 11.8 Å². The van der Waals surface area contributed by atoms with E-state index in [9.17, 15) is 14.4 Å². The lowest BCUT2D eigenvalue weighted by atomic mass is 9.99. The van der Waals surface area contributed by atoms with Gasteiger partial charge in [0.1, 0.15) is 5.76 Å². The van der Waals surface area contributed by atoms with Crippen molar-refractivity contribution in [3.8, 4) is 0 Å². The van der Waals surface area contributed by atoms with Crippen LogP contribution < -0.4 is 0 Å². The Morgan fingerprint density at radius 1 is 1.04 bits per heavy atom. The first-order valence-electron chi connectivity index (χ1n) is 7.47. The zero-order valence-corrected chi connectivity index (χ0v) is 12.2. The second-order valence-corrected chi connectivity index (χ2v) is 5.60. The van der Waals surface area contributed by atoms with E-state index in [1.54, 1.807) is 18.2 Å². The van der Waals surface area contributed by atoms with Crippen molar-refractivity contribution in [3.63, 3.8) is 0 Å². The highest BCUT2D eigenvalue weighted by Gasteiger charge is 2.39. The predicted octanol–water partition coefficient (Wildman–Crippen LogP) is 2.53. The van der Waals surface area contributed by atoms with Gasteiger partial charge in [-0.2, -0.15) is 0 Å². The minimum Gasteiger partial charge on any atom is -0.454 e. The van der Waals surface area contributed by atoms with Crippen molar-refractivity contribution >= 4 is 17.8 Å². The van der Waals surface area contributed by atoms with E-state index in [1.807, 2.05) is 0 Å². The van der Waals surface area contributed by atoms with Gasteiger partial charge in [-0.1, -0.05) is 17.2 Å². The van der Waals surface area contributed by atoms with E-state index in [1.165, 1.54) is 12.1 Å². The Hall–Kier alpha value is -2.89. The monoisotopic (exact) mass is 311 g/mol. The fraction of sp³-hybridized carbons (Fsp3) is 0.235. The molecule has 2 heterocycles. The normalized spacial score (nSPS) is 16.3.